The van der Waals surface area contributed by atoms with E-state index < -0.39 is 10.0 Å². The number of hydrogen-bond donors (Lipinski definition) is 1. The van der Waals surface area contributed by atoms with Crippen molar-refractivity contribution in [3.63, 3.8) is 0 Å². The molecule has 0 atom stereocenters. The maximum atomic E-state index is 13.9. The maximum Gasteiger partial charge on any atom is 0.263 e. The summed E-state index contributed by atoms with van der Waals surface area (Å²) in [4.78, 5) is 20.9. The number of hydrogen-bond acceptors (Lipinski definition) is 6. The molecule has 0 spiro atoms. The molecule has 1 aliphatic rings. The molecule has 2 aromatic heterocycles. The maximum absolute atomic E-state index is 13.9. The van der Waals surface area contributed by atoms with E-state index in [-0.39, 0.29) is 24.6 Å². The second kappa shape index (κ2) is 9.07. The first-order valence-electron chi connectivity index (χ1n) is 10.7. The molecule has 0 bridgehead atoms. The Morgan fingerprint density at radius 3 is 2.56 bits per heavy atom. The Kier molecular flexibility index (Phi) is 5.96. The van der Waals surface area contributed by atoms with Gasteiger partial charge < -0.3 is 14.4 Å². The van der Waals surface area contributed by atoms with Crippen molar-refractivity contribution in [3.05, 3.63) is 72.1 Å². The number of anilines is 2. The van der Waals surface area contributed by atoms with Gasteiger partial charge in [-0.3, -0.25) is 9.52 Å². The van der Waals surface area contributed by atoms with Crippen molar-refractivity contribution in [2.45, 2.75) is 11.4 Å². The normalized spacial score (nSPS) is 14.5. The number of amides is 1. The van der Waals surface area contributed by atoms with E-state index in [9.17, 15) is 17.6 Å². The molecule has 0 radical (unpaired) electrons. The number of carbonyl (C=O) groups is 1. The van der Waals surface area contributed by atoms with Crippen LogP contribution in [0, 0.1) is 5.82 Å². The molecule has 11 heteroatoms. The van der Waals surface area contributed by atoms with Crippen LogP contribution in [-0.4, -0.2) is 55.0 Å². The minimum atomic E-state index is -3.69. The van der Waals surface area contributed by atoms with E-state index in [4.69, 9.17) is 0 Å². The first-order valence-corrected chi connectivity index (χ1v) is 13.1. The Labute approximate surface area is 201 Å². The lowest BCUT2D eigenvalue weighted by molar-refractivity contribution is -0.132. The molecule has 2 aromatic carbocycles. The number of aromatic nitrogens is 2. The summed E-state index contributed by atoms with van der Waals surface area (Å²) in [5.41, 5.74) is 1.60. The zero-order valence-electron chi connectivity index (χ0n) is 18.1. The van der Waals surface area contributed by atoms with E-state index in [1.807, 2.05) is 0 Å². The Hall–Kier alpha value is -3.44. The van der Waals surface area contributed by atoms with Gasteiger partial charge in [0.1, 0.15) is 12.4 Å². The number of benzene rings is 2. The summed E-state index contributed by atoms with van der Waals surface area (Å²) >= 11 is 1.21. The summed E-state index contributed by atoms with van der Waals surface area (Å²) in [5, 5.41) is 2.53. The molecule has 5 rings (SSSR count). The Morgan fingerprint density at radius 2 is 1.85 bits per heavy atom. The average molecular weight is 502 g/mol. The number of rotatable bonds is 6. The molecule has 3 heterocycles. The van der Waals surface area contributed by atoms with Crippen LogP contribution in [-0.2, 0) is 21.4 Å². The van der Waals surface area contributed by atoms with Crippen LogP contribution in [0.15, 0.2) is 71.2 Å². The van der Waals surface area contributed by atoms with E-state index in [0.717, 1.165) is 5.69 Å². The van der Waals surface area contributed by atoms with Gasteiger partial charge in [0.2, 0.25) is 5.91 Å². The second-order valence-corrected chi connectivity index (χ2v) is 10.5. The van der Waals surface area contributed by atoms with E-state index in [0.29, 0.717) is 42.2 Å². The smallest absolute Gasteiger partial charge is 0.263 e. The minimum Gasteiger partial charge on any atom is -0.368 e. The van der Waals surface area contributed by atoms with E-state index in [1.165, 1.54) is 23.6 Å². The SMILES string of the molecule is O=C(Cn1ccc2c(F)cccc21)N1CCN(c2ccc(S(=O)(=O)Nc3nccs3)cc2)CC1.[HH]. The molecule has 0 saturated carbocycles. The summed E-state index contributed by atoms with van der Waals surface area (Å²) in [5.74, 6) is -0.314. The van der Waals surface area contributed by atoms with Gasteiger partial charge in [-0.25, -0.2) is 17.8 Å². The van der Waals surface area contributed by atoms with Crippen molar-refractivity contribution in [1.29, 1.82) is 0 Å². The van der Waals surface area contributed by atoms with Crippen LogP contribution in [0.1, 0.15) is 1.43 Å². The molecule has 1 amide bonds. The fourth-order valence-corrected chi connectivity index (χ4v) is 5.86. The number of nitrogens with zero attached hydrogens (tertiary/aromatic N) is 4. The summed E-state index contributed by atoms with van der Waals surface area (Å²) in [6.07, 6.45) is 3.28. The molecule has 1 N–H and O–H groups in total. The van der Waals surface area contributed by atoms with Crippen molar-refractivity contribution in [3.8, 4) is 0 Å². The van der Waals surface area contributed by atoms with Gasteiger partial charge in [-0.15, -0.1) is 11.3 Å². The van der Waals surface area contributed by atoms with Gasteiger partial charge >= 0.3 is 0 Å². The van der Waals surface area contributed by atoms with Crippen LogP contribution in [0.5, 0.6) is 0 Å². The molecular formula is C23H24FN5O3S2. The predicted octanol–water partition coefficient (Wildman–Crippen LogP) is 3.63. The number of sulfonamides is 1. The highest BCUT2D eigenvalue weighted by Crippen LogP contribution is 2.23. The van der Waals surface area contributed by atoms with Gasteiger partial charge in [-0.1, -0.05) is 6.07 Å². The highest BCUT2D eigenvalue weighted by atomic mass is 32.2. The minimum absolute atomic E-state index is 0. The predicted molar refractivity (Wildman–Crippen MR) is 132 cm³/mol. The number of piperazine rings is 1. The molecule has 1 saturated heterocycles. The van der Waals surface area contributed by atoms with Crippen LogP contribution in [0.25, 0.3) is 10.9 Å². The molecular weight excluding hydrogens is 477 g/mol. The van der Waals surface area contributed by atoms with Crippen LogP contribution in [0.4, 0.5) is 15.2 Å². The molecule has 4 aromatic rings. The Morgan fingerprint density at radius 1 is 1.09 bits per heavy atom. The lowest BCUT2D eigenvalue weighted by Gasteiger charge is -2.36. The third kappa shape index (κ3) is 4.48. The summed E-state index contributed by atoms with van der Waals surface area (Å²) < 4.78 is 43.2. The van der Waals surface area contributed by atoms with Crippen LogP contribution in [0.3, 0.4) is 0 Å². The lowest BCUT2D eigenvalue weighted by atomic mass is 10.2. The van der Waals surface area contributed by atoms with Gasteiger partial charge in [0, 0.05) is 56.5 Å². The first kappa shape index (κ1) is 22.4. The number of carbonyl (C=O) groups excluding carboxylic acids is 1. The monoisotopic (exact) mass is 501 g/mol. The van der Waals surface area contributed by atoms with Gasteiger partial charge in [0.25, 0.3) is 10.0 Å². The molecule has 178 valence electrons. The van der Waals surface area contributed by atoms with Crippen LogP contribution < -0.4 is 9.62 Å². The van der Waals surface area contributed by atoms with E-state index in [2.05, 4.69) is 14.6 Å². The third-order valence-corrected chi connectivity index (χ3v) is 8.04. The zero-order chi connectivity index (χ0) is 23.7. The largest absolute Gasteiger partial charge is 0.368 e. The standard InChI is InChI=1S/C23H22FN5O3S2.H2/c24-20-2-1-3-21-19(20)8-10-29(21)16-22(30)28-13-11-27(12-14-28)17-4-6-18(7-5-17)34(31,32)26-23-25-9-15-33-23;/h1-10,15H,11-14,16H2,(H,25,26);1H. The van der Waals surface area contributed by atoms with Gasteiger partial charge in [-0.2, -0.15) is 0 Å². The first-order chi connectivity index (χ1) is 16.4. The molecule has 1 fully saturated rings. The quantitative estimate of drug-likeness (QED) is 0.436. The average Bonchev–Trinajstić information content (AvgIpc) is 3.50. The van der Waals surface area contributed by atoms with Crippen molar-refractivity contribution in [1.82, 2.24) is 14.5 Å². The molecule has 8 nitrogen and oxygen atoms in total. The molecule has 1 aliphatic heterocycles. The highest BCUT2D eigenvalue weighted by Gasteiger charge is 2.23. The van der Waals surface area contributed by atoms with E-state index >= 15 is 0 Å². The second-order valence-electron chi connectivity index (χ2n) is 7.92. The summed E-state index contributed by atoms with van der Waals surface area (Å²) in [6.45, 7) is 2.54. The number of fused-ring (bicyclic) bond motifs is 1. The van der Waals surface area contributed by atoms with Gasteiger partial charge in [-0.05, 0) is 42.5 Å². The fourth-order valence-electron chi connectivity index (χ4n) is 4.07. The molecule has 0 unspecified atom stereocenters. The zero-order valence-corrected chi connectivity index (χ0v) is 19.7. The van der Waals surface area contributed by atoms with Crippen molar-refractivity contribution < 1.29 is 19.0 Å². The van der Waals surface area contributed by atoms with Gasteiger partial charge in [0.05, 0.1) is 10.4 Å². The lowest BCUT2D eigenvalue weighted by Crippen LogP contribution is -2.49. The third-order valence-electron chi connectivity index (χ3n) is 5.86. The molecule has 0 aliphatic carbocycles. The number of nitrogens with one attached hydrogen (secondary N) is 1. The Balaban J connectivity index is 0.00000289. The van der Waals surface area contributed by atoms with E-state index in [1.54, 1.807) is 63.5 Å². The number of thiazole rings is 1. The summed E-state index contributed by atoms with van der Waals surface area (Å²) in [7, 11) is -3.69. The fraction of sp³-hybridized carbons (Fsp3) is 0.217. The van der Waals surface area contributed by atoms with Crippen molar-refractivity contribution in [2.75, 3.05) is 35.8 Å². The molecule has 34 heavy (non-hydrogen) atoms. The summed E-state index contributed by atoms with van der Waals surface area (Å²) in [6, 6.07) is 13.2. The van der Waals surface area contributed by atoms with Crippen LogP contribution >= 0.6 is 11.3 Å². The highest BCUT2D eigenvalue weighted by molar-refractivity contribution is 7.93. The number of halogens is 1. The van der Waals surface area contributed by atoms with Crippen molar-refractivity contribution in [2.24, 2.45) is 0 Å². The van der Waals surface area contributed by atoms with Gasteiger partial charge in [0.15, 0.2) is 5.13 Å². The Bertz CT molecular complexity index is 1420. The van der Waals surface area contributed by atoms with Crippen molar-refractivity contribution >= 4 is 49.0 Å². The topological polar surface area (TPSA) is 87.5 Å². The van der Waals surface area contributed by atoms with Crippen LogP contribution in [0.2, 0.25) is 0 Å².